The van der Waals surface area contributed by atoms with Crippen LogP contribution in [0.5, 0.6) is 11.5 Å². The van der Waals surface area contributed by atoms with Crippen molar-refractivity contribution < 1.29 is 9.47 Å². The Morgan fingerprint density at radius 2 is 1.81 bits per heavy atom. The van der Waals surface area contributed by atoms with Gasteiger partial charge in [0.25, 0.3) is 0 Å². The summed E-state index contributed by atoms with van der Waals surface area (Å²) in [5.74, 6) is 1.80. The van der Waals surface area contributed by atoms with Crippen molar-refractivity contribution in [3.8, 4) is 11.5 Å². The third kappa shape index (κ3) is 2.84. The summed E-state index contributed by atoms with van der Waals surface area (Å²) < 4.78 is 11.6. The largest absolute Gasteiger partial charge is 0.486 e. The first kappa shape index (κ1) is 15.8. The van der Waals surface area contributed by atoms with Crippen LogP contribution in [0.15, 0.2) is 42.5 Å². The van der Waals surface area contributed by atoms with Crippen molar-refractivity contribution in [1.82, 2.24) is 5.32 Å². The SMILES string of the molecule is C1=c2ccccc2=C1CNC1CCN(c2cccc3c2OCCO3)CC1. The molecule has 1 fully saturated rings. The lowest BCUT2D eigenvalue weighted by atomic mass is 9.98. The van der Waals surface area contributed by atoms with E-state index in [1.54, 1.807) is 0 Å². The Morgan fingerprint density at radius 1 is 0.962 bits per heavy atom. The van der Waals surface area contributed by atoms with Crippen LogP contribution < -0.4 is 30.1 Å². The van der Waals surface area contributed by atoms with E-state index in [4.69, 9.17) is 9.47 Å². The van der Waals surface area contributed by atoms with E-state index in [2.05, 4.69) is 52.7 Å². The summed E-state index contributed by atoms with van der Waals surface area (Å²) in [5, 5.41) is 6.53. The molecule has 1 saturated heterocycles. The van der Waals surface area contributed by atoms with Gasteiger partial charge in [0.1, 0.15) is 13.2 Å². The van der Waals surface area contributed by atoms with Crippen LogP contribution in [0.3, 0.4) is 0 Å². The summed E-state index contributed by atoms with van der Waals surface area (Å²) in [5.41, 5.74) is 2.61. The normalized spacial score (nSPS) is 18.8. The fourth-order valence-corrected chi connectivity index (χ4v) is 4.14. The van der Waals surface area contributed by atoms with Crippen LogP contribution in [0.25, 0.3) is 11.6 Å². The fraction of sp³-hybridized carbons (Fsp3) is 0.364. The number of fused-ring (bicyclic) bond motifs is 2. The molecule has 5 rings (SSSR count). The summed E-state index contributed by atoms with van der Waals surface area (Å²) in [7, 11) is 0. The zero-order chi connectivity index (χ0) is 17.3. The average molecular weight is 348 g/mol. The van der Waals surface area contributed by atoms with Gasteiger partial charge in [0, 0.05) is 25.7 Å². The van der Waals surface area contributed by atoms with E-state index in [1.807, 2.05) is 6.07 Å². The minimum absolute atomic E-state index is 0.580. The standard InChI is InChI=1S/C22H24N2O2/c1-2-5-19-16(4-1)14-17(19)15-23-18-8-10-24(11-9-18)20-6-3-7-21-22(20)26-13-12-25-21/h1-7,14,18,23H,8-13,15H2. The van der Waals surface area contributed by atoms with Crippen molar-refractivity contribution in [2.24, 2.45) is 0 Å². The minimum atomic E-state index is 0.580. The highest BCUT2D eigenvalue weighted by atomic mass is 16.6. The molecule has 2 aromatic carbocycles. The molecule has 134 valence electrons. The second kappa shape index (κ2) is 6.69. The second-order valence-electron chi connectivity index (χ2n) is 7.20. The Bertz CT molecular complexity index is 929. The summed E-state index contributed by atoms with van der Waals surface area (Å²) in [6.45, 7) is 4.35. The van der Waals surface area contributed by atoms with Crippen molar-refractivity contribution in [1.29, 1.82) is 0 Å². The van der Waals surface area contributed by atoms with Gasteiger partial charge >= 0.3 is 0 Å². The third-order valence-corrected chi connectivity index (χ3v) is 5.60. The molecule has 2 aromatic rings. The van der Waals surface area contributed by atoms with Gasteiger partial charge < -0.3 is 19.7 Å². The van der Waals surface area contributed by atoms with Crippen molar-refractivity contribution in [3.05, 3.63) is 52.9 Å². The number of rotatable bonds is 4. The Balaban J connectivity index is 1.20. The fourth-order valence-electron chi connectivity index (χ4n) is 4.14. The third-order valence-electron chi connectivity index (χ3n) is 5.60. The summed E-state index contributed by atoms with van der Waals surface area (Å²) in [6.07, 6.45) is 4.60. The molecule has 3 aliphatic rings. The van der Waals surface area contributed by atoms with Crippen molar-refractivity contribution in [2.75, 3.05) is 37.7 Å². The Kier molecular flexibility index (Phi) is 4.06. The van der Waals surface area contributed by atoms with E-state index in [-0.39, 0.29) is 0 Å². The number of anilines is 1. The van der Waals surface area contributed by atoms with Gasteiger partial charge in [0.15, 0.2) is 11.5 Å². The molecule has 4 heteroatoms. The van der Waals surface area contributed by atoms with Crippen molar-refractivity contribution >= 4 is 17.3 Å². The van der Waals surface area contributed by atoms with Crippen LogP contribution in [0, 0.1) is 0 Å². The first-order valence-electron chi connectivity index (χ1n) is 9.55. The monoisotopic (exact) mass is 348 g/mol. The summed E-state index contributed by atoms with van der Waals surface area (Å²) in [4.78, 5) is 2.43. The van der Waals surface area contributed by atoms with Gasteiger partial charge in [-0.1, -0.05) is 30.3 Å². The zero-order valence-corrected chi connectivity index (χ0v) is 14.9. The van der Waals surface area contributed by atoms with E-state index in [0.29, 0.717) is 19.3 Å². The Labute approximate surface area is 153 Å². The molecule has 0 saturated carbocycles. The van der Waals surface area contributed by atoms with Crippen LogP contribution in [0.1, 0.15) is 12.8 Å². The van der Waals surface area contributed by atoms with E-state index < -0.39 is 0 Å². The number of nitrogens with zero attached hydrogens (tertiary/aromatic N) is 1. The van der Waals surface area contributed by atoms with Gasteiger partial charge in [-0.15, -0.1) is 0 Å². The van der Waals surface area contributed by atoms with Crippen LogP contribution >= 0.6 is 0 Å². The lowest BCUT2D eigenvalue weighted by molar-refractivity contribution is 0.172. The summed E-state index contributed by atoms with van der Waals surface area (Å²) in [6, 6.07) is 15.4. The molecule has 0 unspecified atom stereocenters. The molecule has 4 nitrogen and oxygen atoms in total. The first-order chi connectivity index (χ1) is 12.9. The maximum atomic E-state index is 5.88. The van der Waals surface area contributed by atoms with E-state index in [1.165, 1.54) is 21.7 Å². The molecule has 2 aliphatic heterocycles. The molecular weight excluding hydrogens is 324 g/mol. The molecule has 1 N–H and O–H groups in total. The van der Waals surface area contributed by atoms with E-state index in [9.17, 15) is 0 Å². The second-order valence-corrected chi connectivity index (χ2v) is 7.20. The van der Waals surface area contributed by atoms with Gasteiger partial charge in [0.05, 0.1) is 5.69 Å². The highest BCUT2D eigenvalue weighted by molar-refractivity contribution is 5.83. The maximum Gasteiger partial charge on any atom is 0.184 e. The van der Waals surface area contributed by atoms with E-state index in [0.717, 1.165) is 44.0 Å². The van der Waals surface area contributed by atoms with Crippen LogP contribution in [0.4, 0.5) is 5.69 Å². The number of piperidine rings is 1. The quantitative estimate of drug-likeness (QED) is 0.911. The van der Waals surface area contributed by atoms with Gasteiger partial charge in [-0.25, -0.2) is 0 Å². The maximum absolute atomic E-state index is 5.88. The van der Waals surface area contributed by atoms with Crippen LogP contribution in [-0.4, -0.2) is 38.9 Å². The molecule has 26 heavy (non-hydrogen) atoms. The van der Waals surface area contributed by atoms with Gasteiger partial charge in [-0.2, -0.15) is 0 Å². The number of ether oxygens (including phenoxy) is 2. The minimum Gasteiger partial charge on any atom is -0.486 e. The molecule has 1 aliphatic carbocycles. The van der Waals surface area contributed by atoms with Crippen molar-refractivity contribution in [3.63, 3.8) is 0 Å². The molecule has 0 amide bonds. The molecule has 0 bridgehead atoms. The van der Waals surface area contributed by atoms with Gasteiger partial charge in [-0.3, -0.25) is 0 Å². The molecule has 0 spiro atoms. The highest BCUT2D eigenvalue weighted by Crippen LogP contribution is 2.40. The Morgan fingerprint density at radius 3 is 2.69 bits per heavy atom. The summed E-state index contributed by atoms with van der Waals surface area (Å²) >= 11 is 0. The molecular formula is C22H24N2O2. The molecule has 2 heterocycles. The highest BCUT2D eigenvalue weighted by Gasteiger charge is 2.24. The van der Waals surface area contributed by atoms with Gasteiger partial charge in [-0.05, 0) is 47.1 Å². The number of benzene rings is 2. The van der Waals surface area contributed by atoms with Gasteiger partial charge in [0.2, 0.25) is 0 Å². The number of nitrogens with one attached hydrogen (secondary N) is 1. The smallest absolute Gasteiger partial charge is 0.184 e. The average Bonchev–Trinajstić information content (AvgIpc) is 2.69. The number of hydrogen-bond donors (Lipinski definition) is 1. The predicted molar refractivity (Wildman–Crippen MR) is 104 cm³/mol. The van der Waals surface area contributed by atoms with E-state index >= 15 is 0 Å². The zero-order valence-electron chi connectivity index (χ0n) is 14.9. The molecule has 0 atom stereocenters. The number of para-hydroxylation sites is 1. The predicted octanol–water partition coefficient (Wildman–Crippen LogP) is 1.66. The van der Waals surface area contributed by atoms with Crippen molar-refractivity contribution in [2.45, 2.75) is 18.9 Å². The Hall–Kier alpha value is -2.46. The molecule has 0 radical (unpaired) electrons. The topological polar surface area (TPSA) is 33.7 Å². The lowest BCUT2D eigenvalue weighted by Gasteiger charge is -2.36. The first-order valence-corrected chi connectivity index (χ1v) is 9.55. The van der Waals surface area contributed by atoms with Crippen LogP contribution in [-0.2, 0) is 0 Å². The van der Waals surface area contributed by atoms with Crippen LogP contribution in [0.2, 0.25) is 0 Å². The number of hydrogen-bond acceptors (Lipinski definition) is 4. The molecule has 0 aromatic heterocycles. The lowest BCUT2D eigenvalue weighted by Crippen LogP contribution is -2.45.